The molecule has 2 aromatic rings. The fourth-order valence-corrected chi connectivity index (χ4v) is 4.29. The van der Waals surface area contributed by atoms with Gasteiger partial charge in [0, 0.05) is 35.5 Å². The molecule has 3 N–H and O–H groups in total. The molecule has 0 saturated heterocycles. The summed E-state index contributed by atoms with van der Waals surface area (Å²) in [6.07, 6.45) is 3.00. The molecule has 0 saturated carbocycles. The van der Waals surface area contributed by atoms with Crippen LogP contribution in [0.5, 0.6) is 0 Å². The number of carbonyl (C=O) groups is 3. The summed E-state index contributed by atoms with van der Waals surface area (Å²) in [5.74, 6) is -0.480. The van der Waals surface area contributed by atoms with Crippen LogP contribution in [0.3, 0.4) is 0 Å². The fourth-order valence-electron chi connectivity index (χ4n) is 2.82. The Morgan fingerprint density at radius 2 is 1.70 bits per heavy atom. The van der Waals surface area contributed by atoms with Crippen LogP contribution in [0.1, 0.15) is 50.3 Å². The van der Waals surface area contributed by atoms with Crippen molar-refractivity contribution in [3.05, 3.63) is 45.1 Å². The Balaban J connectivity index is 2.03. The van der Waals surface area contributed by atoms with E-state index in [9.17, 15) is 14.4 Å². The number of hydrogen-bond acceptors (Lipinski definition) is 5. The van der Waals surface area contributed by atoms with E-state index in [1.165, 1.54) is 0 Å². The lowest BCUT2D eigenvalue weighted by molar-refractivity contribution is -0.129. The number of carbonyl (C=O) groups excluding carboxylic acids is 3. The minimum absolute atomic E-state index is 0.00326. The first kappa shape index (κ1) is 24.0. The molecule has 0 fully saturated rings. The van der Waals surface area contributed by atoms with E-state index in [1.807, 2.05) is 24.3 Å². The molecule has 9 heteroatoms. The smallest absolute Gasteiger partial charge is 0.243 e. The number of hydrogen-bond donors (Lipinski definition) is 3. The molecule has 0 spiro atoms. The topological polar surface area (TPSA) is 98.7 Å². The molecule has 0 unspecified atom stereocenters. The molecule has 1 aromatic heterocycles. The van der Waals surface area contributed by atoms with Crippen LogP contribution >= 0.6 is 27.3 Å². The molecule has 0 aliphatic carbocycles. The lowest BCUT2D eigenvalue weighted by Crippen LogP contribution is -2.29. The molecule has 162 valence electrons. The van der Waals surface area contributed by atoms with E-state index in [0.717, 1.165) is 20.8 Å². The number of nitrogens with one attached hydrogen (secondary N) is 2. The second-order valence-electron chi connectivity index (χ2n) is 6.73. The van der Waals surface area contributed by atoms with Crippen molar-refractivity contribution in [1.82, 2.24) is 5.48 Å². The minimum Gasteiger partial charge on any atom is -0.326 e. The highest BCUT2D eigenvalue weighted by Crippen LogP contribution is 2.27. The van der Waals surface area contributed by atoms with E-state index in [-0.39, 0.29) is 18.2 Å². The summed E-state index contributed by atoms with van der Waals surface area (Å²) in [6.45, 7) is 2.25. The molecule has 2 rings (SSSR count). The zero-order valence-electron chi connectivity index (χ0n) is 16.8. The lowest BCUT2D eigenvalue weighted by Gasteiger charge is -2.23. The highest BCUT2D eigenvalue weighted by Gasteiger charge is 2.17. The van der Waals surface area contributed by atoms with Gasteiger partial charge in [0.25, 0.3) is 0 Å². The van der Waals surface area contributed by atoms with Gasteiger partial charge in [0.2, 0.25) is 17.7 Å². The van der Waals surface area contributed by atoms with Gasteiger partial charge in [-0.25, -0.2) is 5.48 Å². The standard InChI is InChI=1S/C21H26BrN3O4S/c1-2-19(26)23-15-8-10-16(11-9-15)25(14-17-12-13-18(22)30-17)21(28)7-5-3-4-6-20(27)24-29/h8-13,29H,2-7,14H2,1H3,(H,23,26)(H,24,27). The van der Waals surface area contributed by atoms with Crippen LogP contribution in [0.2, 0.25) is 0 Å². The van der Waals surface area contributed by atoms with Crippen molar-refractivity contribution in [1.29, 1.82) is 0 Å². The largest absolute Gasteiger partial charge is 0.326 e. The van der Waals surface area contributed by atoms with Gasteiger partial charge >= 0.3 is 0 Å². The van der Waals surface area contributed by atoms with Gasteiger partial charge < -0.3 is 10.2 Å². The number of nitrogens with zero attached hydrogens (tertiary/aromatic N) is 1. The van der Waals surface area contributed by atoms with E-state index in [1.54, 1.807) is 40.8 Å². The van der Waals surface area contributed by atoms with E-state index >= 15 is 0 Å². The normalized spacial score (nSPS) is 10.5. The third-order valence-corrected chi connectivity index (χ3v) is 6.06. The third kappa shape index (κ3) is 7.89. The van der Waals surface area contributed by atoms with Crippen molar-refractivity contribution < 1.29 is 19.6 Å². The number of amides is 3. The van der Waals surface area contributed by atoms with Gasteiger partial charge in [-0.1, -0.05) is 13.3 Å². The van der Waals surface area contributed by atoms with Crippen molar-refractivity contribution in [3.63, 3.8) is 0 Å². The maximum atomic E-state index is 12.9. The second kappa shape index (κ2) is 12.5. The van der Waals surface area contributed by atoms with Gasteiger partial charge in [0.15, 0.2) is 0 Å². The Morgan fingerprint density at radius 1 is 1.00 bits per heavy atom. The Labute approximate surface area is 188 Å². The molecule has 30 heavy (non-hydrogen) atoms. The summed E-state index contributed by atoms with van der Waals surface area (Å²) in [5, 5.41) is 11.3. The van der Waals surface area contributed by atoms with Crippen LogP contribution in [0.15, 0.2) is 40.2 Å². The van der Waals surface area contributed by atoms with Crippen LogP contribution in [-0.2, 0) is 20.9 Å². The molecule has 0 bridgehead atoms. The number of thiophene rings is 1. The predicted molar refractivity (Wildman–Crippen MR) is 122 cm³/mol. The van der Waals surface area contributed by atoms with Crippen LogP contribution in [0, 0.1) is 0 Å². The first-order valence-corrected chi connectivity index (χ1v) is 11.4. The predicted octanol–water partition coefficient (Wildman–Crippen LogP) is 4.85. The molecule has 1 heterocycles. The molecule has 0 aliphatic heterocycles. The second-order valence-corrected chi connectivity index (χ2v) is 9.28. The molecule has 0 radical (unpaired) electrons. The van der Waals surface area contributed by atoms with Crippen molar-refractivity contribution in [2.75, 3.05) is 10.2 Å². The molecule has 0 aliphatic rings. The Bertz CT molecular complexity index is 854. The van der Waals surface area contributed by atoms with Crippen LogP contribution in [0.25, 0.3) is 0 Å². The minimum atomic E-state index is -0.415. The first-order valence-electron chi connectivity index (χ1n) is 9.80. The lowest BCUT2D eigenvalue weighted by atomic mass is 10.1. The zero-order valence-corrected chi connectivity index (χ0v) is 19.2. The van der Waals surface area contributed by atoms with Gasteiger partial charge in [-0.3, -0.25) is 19.6 Å². The molecular formula is C21H26BrN3O4S. The molecule has 0 atom stereocenters. The summed E-state index contributed by atoms with van der Waals surface area (Å²) >= 11 is 5.03. The van der Waals surface area contributed by atoms with E-state index < -0.39 is 5.91 Å². The number of anilines is 2. The van der Waals surface area contributed by atoms with Crippen LogP contribution in [0.4, 0.5) is 11.4 Å². The third-order valence-electron chi connectivity index (χ3n) is 4.45. The SMILES string of the molecule is CCC(=O)Nc1ccc(N(Cc2ccc(Br)s2)C(=O)CCCCCC(=O)NO)cc1. The van der Waals surface area contributed by atoms with Crippen molar-refractivity contribution in [2.45, 2.75) is 52.0 Å². The van der Waals surface area contributed by atoms with E-state index in [4.69, 9.17) is 5.21 Å². The number of unbranched alkanes of at least 4 members (excludes halogenated alkanes) is 2. The summed E-state index contributed by atoms with van der Waals surface area (Å²) in [6, 6.07) is 11.2. The summed E-state index contributed by atoms with van der Waals surface area (Å²) < 4.78 is 1.00. The molecule has 7 nitrogen and oxygen atoms in total. The zero-order chi connectivity index (χ0) is 21.9. The average Bonchev–Trinajstić information content (AvgIpc) is 3.16. The monoisotopic (exact) mass is 495 g/mol. The van der Waals surface area contributed by atoms with Crippen LogP contribution in [-0.4, -0.2) is 22.9 Å². The fraction of sp³-hybridized carbons (Fsp3) is 0.381. The van der Waals surface area contributed by atoms with Gasteiger partial charge in [-0.2, -0.15) is 0 Å². The quantitative estimate of drug-likeness (QED) is 0.235. The van der Waals surface area contributed by atoms with Crippen molar-refractivity contribution >= 4 is 56.4 Å². The highest BCUT2D eigenvalue weighted by atomic mass is 79.9. The van der Waals surface area contributed by atoms with Crippen molar-refractivity contribution in [3.8, 4) is 0 Å². The van der Waals surface area contributed by atoms with Gasteiger partial charge in [-0.15, -0.1) is 11.3 Å². The van der Waals surface area contributed by atoms with Gasteiger partial charge in [0.1, 0.15) is 0 Å². The van der Waals surface area contributed by atoms with Crippen molar-refractivity contribution in [2.24, 2.45) is 0 Å². The van der Waals surface area contributed by atoms with Crippen LogP contribution < -0.4 is 15.7 Å². The summed E-state index contributed by atoms with van der Waals surface area (Å²) in [4.78, 5) is 38.4. The maximum absolute atomic E-state index is 12.9. The Morgan fingerprint density at radius 3 is 2.30 bits per heavy atom. The maximum Gasteiger partial charge on any atom is 0.243 e. The Hall–Kier alpha value is -2.23. The van der Waals surface area contributed by atoms with E-state index in [0.29, 0.717) is 37.9 Å². The van der Waals surface area contributed by atoms with Gasteiger partial charge in [-0.05, 0) is 65.2 Å². The van der Waals surface area contributed by atoms with Gasteiger partial charge in [0.05, 0.1) is 10.3 Å². The molecule has 3 amide bonds. The highest BCUT2D eigenvalue weighted by molar-refractivity contribution is 9.11. The molecular weight excluding hydrogens is 470 g/mol. The Kier molecular flexibility index (Phi) is 9.99. The number of rotatable bonds is 11. The number of halogens is 1. The average molecular weight is 496 g/mol. The first-order chi connectivity index (χ1) is 14.4. The number of benzene rings is 1. The summed E-state index contributed by atoms with van der Waals surface area (Å²) in [7, 11) is 0. The summed E-state index contributed by atoms with van der Waals surface area (Å²) in [5.41, 5.74) is 3.07. The van der Waals surface area contributed by atoms with E-state index in [2.05, 4.69) is 21.2 Å². The molecule has 1 aromatic carbocycles. The number of hydroxylamine groups is 1.